The smallest absolute Gasteiger partial charge is 0.264 e. The molecule has 0 aliphatic heterocycles. The molecule has 0 aromatic heterocycles. The van der Waals surface area contributed by atoms with E-state index < -0.39 is 15.8 Å². The molecule has 0 bridgehead atoms. The van der Waals surface area contributed by atoms with E-state index in [4.69, 9.17) is 0 Å². The van der Waals surface area contributed by atoms with E-state index in [9.17, 15) is 17.6 Å². The van der Waals surface area contributed by atoms with Crippen molar-refractivity contribution in [2.45, 2.75) is 23.8 Å². The zero-order chi connectivity index (χ0) is 17.2. The Bertz CT molecular complexity index is 819. The normalized spacial score (nSPS) is 14.2. The molecule has 0 radical (unpaired) electrons. The van der Waals surface area contributed by atoms with Crippen LogP contribution in [-0.4, -0.2) is 26.9 Å². The number of carbonyl (C=O) groups is 1. The molecule has 1 amide bonds. The van der Waals surface area contributed by atoms with E-state index in [1.54, 1.807) is 30.3 Å². The maximum atomic E-state index is 13.1. The van der Waals surface area contributed by atoms with Crippen LogP contribution in [0.15, 0.2) is 59.5 Å². The van der Waals surface area contributed by atoms with Crippen LogP contribution in [0, 0.1) is 5.82 Å². The van der Waals surface area contributed by atoms with Crippen LogP contribution in [0.4, 0.5) is 10.1 Å². The third-order valence-corrected chi connectivity index (χ3v) is 5.46. The van der Waals surface area contributed by atoms with Gasteiger partial charge in [0.25, 0.3) is 10.0 Å². The summed E-state index contributed by atoms with van der Waals surface area (Å²) < 4.78 is 39.9. The number of carbonyl (C=O) groups excluding carboxylic acids is 1. The number of benzene rings is 2. The first-order valence-corrected chi connectivity index (χ1v) is 9.03. The minimum atomic E-state index is -3.98. The molecule has 0 unspecified atom stereocenters. The van der Waals surface area contributed by atoms with Crippen LogP contribution < -0.4 is 9.62 Å². The van der Waals surface area contributed by atoms with Gasteiger partial charge in [-0.3, -0.25) is 9.10 Å². The van der Waals surface area contributed by atoms with Gasteiger partial charge in [0.05, 0.1) is 10.6 Å². The molecule has 0 spiro atoms. The molecule has 1 aliphatic rings. The van der Waals surface area contributed by atoms with E-state index in [-0.39, 0.29) is 23.4 Å². The van der Waals surface area contributed by atoms with Crippen LogP contribution in [-0.2, 0) is 14.8 Å². The van der Waals surface area contributed by atoms with Gasteiger partial charge in [0.2, 0.25) is 5.91 Å². The highest BCUT2D eigenvalue weighted by atomic mass is 32.2. The van der Waals surface area contributed by atoms with E-state index >= 15 is 0 Å². The molecule has 126 valence electrons. The van der Waals surface area contributed by atoms with Crippen molar-refractivity contribution in [3.05, 3.63) is 60.4 Å². The largest absolute Gasteiger partial charge is 0.352 e. The lowest BCUT2D eigenvalue weighted by atomic mass is 10.3. The fourth-order valence-corrected chi connectivity index (χ4v) is 3.70. The third kappa shape index (κ3) is 3.73. The van der Waals surface area contributed by atoms with Gasteiger partial charge >= 0.3 is 0 Å². The summed E-state index contributed by atoms with van der Waals surface area (Å²) >= 11 is 0. The molecule has 24 heavy (non-hydrogen) atoms. The van der Waals surface area contributed by atoms with Crippen LogP contribution in [0.2, 0.25) is 0 Å². The lowest BCUT2D eigenvalue weighted by molar-refractivity contribution is -0.119. The van der Waals surface area contributed by atoms with E-state index in [0.29, 0.717) is 5.69 Å². The number of amides is 1. The van der Waals surface area contributed by atoms with Crippen LogP contribution in [0.25, 0.3) is 0 Å². The second-order valence-electron chi connectivity index (χ2n) is 5.64. The van der Waals surface area contributed by atoms with Gasteiger partial charge < -0.3 is 5.32 Å². The van der Waals surface area contributed by atoms with Gasteiger partial charge in [-0.15, -0.1) is 0 Å². The first-order chi connectivity index (χ1) is 11.5. The number of anilines is 1. The van der Waals surface area contributed by atoms with E-state index in [0.717, 1.165) is 29.3 Å². The molecule has 1 saturated carbocycles. The summed E-state index contributed by atoms with van der Waals surface area (Å²) in [5.41, 5.74) is 0.382. The average Bonchev–Trinajstić information content (AvgIpc) is 3.37. The Labute approximate surface area is 140 Å². The van der Waals surface area contributed by atoms with Gasteiger partial charge in [0.1, 0.15) is 12.4 Å². The molecule has 1 N–H and O–H groups in total. The van der Waals surface area contributed by atoms with Crippen molar-refractivity contribution >= 4 is 21.6 Å². The Hall–Kier alpha value is -2.41. The number of hydrogen-bond acceptors (Lipinski definition) is 3. The number of halogens is 1. The Kier molecular flexibility index (Phi) is 4.53. The Morgan fingerprint density at radius 2 is 1.71 bits per heavy atom. The monoisotopic (exact) mass is 348 g/mol. The number of para-hydroxylation sites is 1. The summed E-state index contributed by atoms with van der Waals surface area (Å²) in [6, 6.07) is 13.1. The van der Waals surface area contributed by atoms with Crippen molar-refractivity contribution in [2.75, 3.05) is 10.8 Å². The topological polar surface area (TPSA) is 66.5 Å². The highest BCUT2D eigenvalue weighted by Crippen LogP contribution is 2.24. The number of sulfonamides is 1. The fraction of sp³-hybridized carbons (Fsp3) is 0.235. The quantitative estimate of drug-likeness (QED) is 0.871. The molecule has 1 aliphatic carbocycles. The molecular formula is C17H17FN2O3S. The number of nitrogens with zero attached hydrogens (tertiary/aromatic N) is 1. The summed E-state index contributed by atoms with van der Waals surface area (Å²) in [6.45, 7) is -0.319. The van der Waals surface area contributed by atoms with Crippen LogP contribution in [0.5, 0.6) is 0 Å². The van der Waals surface area contributed by atoms with E-state index in [1.165, 1.54) is 12.1 Å². The van der Waals surface area contributed by atoms with Gasteiger partial charge in [0, 0.05) is 6.04 Å². The zero-order valence-electron chi connectivity index (χ0n) is 12.9. The number of nitrogens with one attached hydrogen (secondary N) is 1. The summed E-state index contributed by atoms with van der Waals surface area (Å²) in [5, 5.41) is 2.78. The van der Waals surface area contributed by atoms with Gasteiger partial charge in [-0.2, -0.15) is 0 Å². The number of hydrogen-bond donors (Lipinski definition) is 1. The van der Waals surface area contributed by atoms with E-state index in [1.807, 2.05) is 0 Å². The predicted octanol–water partition coefficient (Wildman–Crippen LogP) is 2.30. The molecule has 5 nitrogen and oxygen atoms in total. The van der Waals surface area contributed by atoms with Gasteiger partial charge in [-0.25, -0.2) is 12.8 Å². The third-order valence-electron chi connectivity index (χ3n) is 3.68. The minimum Gasteiger partial charge on any atom is -0.352 e. The molecule has 1 fully saturated rings. The Morgan fingerprint density at radius 1 is 1.08 bits per heavy atom. The fourth-order valence-electron chi connectivity index (χ4n) is 2.27. The first kappa shape index (κ1) is 16.4. The molecule has 3 rings (SSSR count). The molecule has 2 aromatic carbocycles. The van der Waals surface area contributed by atoms with Crippen LogP contribution in [0.3, 0.4) is 0 Å². The lowest BCUT2D eigenvalue weighted by Gasteiger charge is -2.24. The minimum absolute atomic E-state index is 0.0630. The predicted molar refractivity (Wildman–Crippen MR) is 88.5 cm³/mol. The van der Waals surface area contributed by atoms with Crippen LogP contribution >= 0.6 is 0 Å². The van der Waals surface area contributed by atoms with Crippen molar-refractivity contribution in [3.8, 4) is 0 Å². The number of rotatable bonds is 6. The van der Waals surface area contributed by atoms with Crippen molar-refractivity contribution in [2.24, 2.45) is 0 Å². The maximum Gasteiger partial charge on any atom is 0.264 e. The highest BCUT2D eigenvalue weighted by molar-refractivity contribution is 7.92. The molecular weight excluding hydrogens is 331 g/mol. The lowest BCUT2D eigenvalue weighted by Crippen LogP contribution is -2.41. The summed E-state index contributed by atoms with van der Waals surface area (Å²) in [6.07, 6.45) is 1.84. The summed E-state index contributed by atoms with van der Waals surface area (Å²) in [7, 11) is -3.98. The SMILES string of the molecule is O=C(CN(c1ccccc1)S(=O)(=O)c1ccc(F)cc1)NC1CC1. The van der Waals surface area contributed by atoms with Crippen molar-refractivity contribution < 1.29 is 17.6 Å². The second kappa shape index (κ2) is 6.60. The average molecular weight is 348 g/mol. The van der Waals surface area contributed by atoms with E-state index in [2.05, 4.69) is 5.32 Å². The van der Waals surface area contributed by atoms with Gasteiger partial charge in [0.15, 0.2) is 0 Å². The second-order valence-corrected chi connectivity index (χ2v) is 7.51. The Balaban J connectivity index is 1.93. The highest BCUT2D eigenvalue weighted by Gasteiger charge is 2.29. The standard InChI is InChI=1S/C17H17FN2O3S/c18-13-6-10-16(11-7-13)24(22,23)20(15-4-2-1-3-5-15)12-17(21)19-14-8-9-14/h1-7,10-11,14H,8-9,12H2,(H,19,21). The molecule has 0 atom stereocenters. The Morgan fingerprint density at radius 3 is 2.29 bits per heavy atom. The molecule has 7 heteroatoms. The van der Waals surface area contributed by atoms with Crippen molar-refractivity contribution in [3.63, 3.8) is 0 Å². The molecule has 0 saturated heterocycles. The zero-order valence-corrected chi connectivity index (χ0v) is 13.7. The van der Waals surface area contributed by atoms with Gasteiger partial charge in [-0.1, -0.05) is 18.2 Å². The maximum absolute atomic E-state index is 13.1. The van der Waals surface area contributed by atoms with Crippen molar-refractivity contribution in [1.82, 2.24) is 5.32 Å². The summed E-state index contributed by atoms with van der Waals surface area (Å²) in [4.78, 5) is 12.1. The molecule has 2 aromatic rings. The van der Waals surface area contributed by atoms with Crippen LogP contribution in [0.1, 0.15) is 12.8 Å². The van der Waals surface area contributed by atoms with Crippen molar-refractivity contribution in [1.29, 1.82) is 0 Å². The first-order valence-electron chi connectivity index (χ1n) is 7.59. The van der Waals surface area contributed by atoms with Gasteiger partial charge in [-0.05, 0) is 49.2 Å². The summed E-state index contributed by atoms with van der Waals surface area (Å²) in [5.74, 6) is -0.876. The molecule has 0 heterocycles.